The largest absolute Gasteiger partial charge is 0.495 e. The molecule has 8 nitrogen and oxygen atoms in total. The summed E-state index contributed by atoms with van der Waals surface area (Å²) in [5.74, 6) is -0.449. The van der Waals surface area contributed by atoms with Crippen molar-refractivity contribution in [3.05, 3.63) is 58.6 Å². The SMILES string of the molecule is CC[C@@H](C(=O)NC1CCCCC1)N(Cc1ccc(C)cc1)C(=O)CN(c1cc(Cl)ccc1OC)S(C)(=O)=O. The lowest BCUT2D eigenvalue weighted by Gasteiger charge is -2.34. The van der Waals surface area contributed by atoms with E-state index in [2.05, 4.69) is 5.32 Å². The highest BCUT2D eigenvalue weighted by Crippen LogP contribution is 2.33. The van der Waals surface area contributed by atoms with E-state index in [4.69, 9.17) is 16.3 Å². The topological polar surface area (TPSA) is 96.0 Å². The highest BCUT2D eigenvalue weighted by atomic mass is 35.5. The Morgan fingerprint density at radius 2 is 1.76 bits per heavy atom. The molecule has 1 N–H and O–H groups in total. The van der Waals surface area contributed by atoms with Crippen molar-refractivity contribution in [1.29, 1.82) is 0 Å². The van der Waals surface area contributed by atoms with E-state index in [9.17, 15) is 18.0 Å². The highest BCUT2D eigenvalue weighted by molar-refractivity contribution is 7.92. The number of halogens is 1. The van der Waals surface area contributed by atoms with Gasteiger partial charge in [0.25, 0.3) is 0 Å². The Hall–Kier alpha value is -2.78. The van der Waals surface area contributed by atoms with E-state index in [0.717, 1.165) is 53.8 Å². The van der Waals surface area contributed by atoms with E-state index in [-0.39, 0.29) is 29.9 Å². The van der Waals surface area contributed by atoms with Crippen molar-refractivity contribution < 1.29 is 22.7 Å². The van der Waals surface area contributed by atoms with E-state index >= 15 is 0 Å². The normalized spacial score (nSPS) is 15.0. The van der Waals surface area contributed by atoms with Gasteiger partial charge in [0.1, 0.15) is 18.3 Å². The van der Waals surface area contributed by atoms with E-state index in [0.29, 0.717) is 11.4 Å². The fraction of sp³-hybridized carbons (Fsp3) is 0.500. The molecule has 10 heteroatoms. The number of aryl methyl sites for hydroxylation is 1. The number of carbonyl (C=O) groups is 2. The molecule has 0 aromatic heterocycles. The minimum Gasteiger partial charge on any atom is -0.495 e. The average Bonchev–Trinajstić information content (AvgIpc) is 2.88. The molecule has 0 heterocycles. The Kier molecular flexibility index (Phi) is 10.4. The minimum absolute atomic E-state index is 0.0878. The third kappa shape index (κ3) is 7.86. The van der Waals surface area contributed by atoms with Crippen LogP contribution in [-0.4, -0.2) is 57.1 Å². The predicted molar refractivity (Wildman–Crippen MR) is 151 cm³/mol. The molecule has 3 rings (SSSR count). The second-order valence-electron chi connectivity index (χ2n) is 9.86. The molecule has 0 spiro atoms. The van der Waals surface area contributed by atoms with Gasteiger partial charge < -0.3 is 15.0 Å². The van der Waals surface area contributed by atoms with Gasteiger partial charge in [-0.3, -0.25) is 13.9 Å². The second-order valence-corrected chi connectivity index (χ2v) is 12.2. The lowest BCUT2D eigenvalue weighted by Crippen LogP contribution is -2.54. The molecule has 38 heavy (non-hydrogen) atoms. The number of sulfonamides is 1. The second kappa shape index (κ2) is 13.3. The Morgan fingerprint density at radius 3 is 2.34 bits per heavy atom. The van der Waals surface area contributed by atoms with Crippen LogP contribution in [-0.2, 0) is 26.2 Å². The number of benzene rings is 2. The zero-order valence-electron chi connectivity index (χ0n) is 22.6. The molecule has 2 aromatic carbocycles. The monoisotopic (exact) mass is 563 g/mol. The molecule has 208 valence electrons. The van der Waals surface area contributed by atoms with Crippen LogP contribution in [0.1, 0.15) is 56.6 Å². The first-order valence-corrected chi connectivity index (χ1v) is 15.2. The number of nitrogens with one attached hydrogen (secondary N) is 1. The smallest absolute Gasteiger partial charge is 0.244 e. The Bertz CT molecular complexity index is 1210. The number of amides is 2. The van der Waals surface area contributed by atoms with Crippen LogP contribution in [0, 0.1) is 6.92 Å². The summed E-state index contributed by atoms with van der Waals surface area (Å²) in [4.78, 5) is 28.8. The average molecular weight is 564 g/mol. The molecule has 1 aliphatic rings. The van der Waals surface area contributed by atoms with Crippen LogP contribution in [0.2, 0.25) is 5.02 Å². The van der Waals surface area contributed by atoms with Crippen LogP contribution in [0.5, 0.6) is 5.75 Å². The quantitative estimate of drug-likeness (QED) is 0.428. The molecule has 1 fully saturated rings. The van der Waals surface area contributed by atoms with Crippen LogP contribution >= 0.6 is 11.6 Å². The maximum absolute atomic E-state index is 13.9. The summed E-state index contributed by atoms with van der Waals surface area (Å²) in [6.07, 6.45) is 6.55. The van der Waals surface area contributed by atoms with Crippen molar-refractivity contribution in [3.63, 3.8) is 0 Å². The first kappa shape index (κ1) is 29.8. The number of carbonyl (C=O) groups excluding carboxylic acids is 2. The summed E-state index contributed by atoms with van der Waals surface area (Å²) < 4.78 is 32.1. The van der Waals surface area contributed by atoms with Crippen LogP contribution in [0.15, 0.2) is 42.5 Å². The van der Waals surface area contributed by atoms with Crippen LogP contribution in [0.3, 0.4) is 0 Å². The van der Waals surface area contributed by atoms with E-state index in [1.54, 1.807) is 12.1 Å². The maximum atomic E-state index is 13.9. The minimum atomic E-state index is -3.90. The standard InChI is InChI=1S/C28H38ClN3O5S/c1-5-24(28(34)30-23-9-7-6-8-10-23)31(18-21-13-11-20(2)12-14-21)27(33)19-32(38(4,35)36)25-17-22(29)15-16-26(25)37-3/h11-17,23-24H,5-10,18-19H2,1-4H3,(H,30,34)/t24-/m0/s1. The maximum Gasteiger partial charge on any atom is 0.244 e. The highest BCUT2D eigenvalue weighted by Gasteiger charge is 2.33. The number of methoxy groups -OCH3 is 1. The van der Waals surface area contributed by atoms with Crippen LogP contribution < -0.4 is 14.4 Å². The summed E-state index contributed by atoms with van der Waals surface area (Å²) in [5.41, 5.74) is 2.08. The van der Waals surface area contributed by atoms with Gasteiger partial charge in [-0.2, -0.15) is 0 Å². The molecule has 0 aliphatic heterocycles. The van der Waals surface area contributed by atoms with Crippen molar-refractivity contribution in [2.45, 2.75) is 71.0 Å². The molecule has 1 saturated carbocycles. The Labute approximate surface area is 231 Å². The van der Waals surface area contributed by atoms with Gasteiger partial charge in [0.2, 0.25) is 21.8 Å². The summed E-state index contributed by atoms with van der Waals surface area (Å²) in [6, 6.07) is 11.6. The third-order valence-electron chi connectivity index (χ3n) is 6.90. The fourth-order valence-corrected chi connectivity index (χ4v) is 5.82. The number of hydrogen-bond donors (Lipinski definition) is 1. The number of ether oxygens (including phenoxy) is 1. The third-order valence-corrected chi connectivity index (χ3v) is 8.26. The van der Waals surface area contributed by atoms with E-state index in [1.807, 2.05) is 38.1 Å². The summed E-state index contributed by atoms with van der Waals surface area (Å²) in [7, 11) is -2.49. The van der Waals surface area contributed by atoms with Crippen LogP contribution in [0.25, 0.3) is 0 Å². The van der Waals surface area contributed by atoms with Crippen molar-refractivity contribution in [3.8, 4) is 5.75 Å². The molecular formula is C28H38ClN3O5S. The molecule has 0 radical (unpaired) electrons. The van der Waals surface area contributed by atoms with Crippen molar-refractivity contribution in [1.82, 2.24) is 10.2 Å². The van der Waals surface area contributed by atoms with Crippen molar-refractivity contribution >= 4 is 39.1 Å². The molecule has 0 bridgehead atoms. The van der Waals surface area contributed by atoms with E-state index in [1.165, 1.54) is 18.1 Å². The van der Waals surface area contributed by atoms with Gasteiger partial charge >= 0.3 is 0 Å². The van der Waals surface area contributed by atoms with Crippen molar-refractivity contribution in [2.75, 3.05) is 24.2 Å². The predicted octanol–water partition coefficient (Wildman–Crippen LogP) is 4.68. The lowest BCUT2D eigenvalue weighted by molar-refractivity contribution is -0.140. The number of nitrogens with zero attached hydrogens (tertiary/aromatic N) is 2. The molecular weight excluding hydrogens is 526 g/mol. The zero-order valence-corrected chi connectivity index (χ0v) is 24.1. The first-order chi connectivity index (χ1) is 18.0. The molecule has 2 amide bonds. The molecule has 0 unspecified atom stereocenters. The summed E-state index contributed by atoms with van der Waals surface area (Å²) in [5, 5.41) is 3.44. The molecule has 1 atom stereocenters. The Morgan fingerprint density at radius 1 is 1.11 bits per heavy atom. The molecule has 2 aromatic rings. The van der Waals surface area contributed by atoms with Crippen molar-refractivity contribution in [2.24, 2.45) is 0 Å². The van der Waals surface area contributed by atoms with Gasteiger partial charge in [0.05, 0.1) is 19.1 Å². The lowest BCUT2D eigenvalue weighted by atomic mass is 9.95. The van der Waals surface area contributed by atoms with Crippen LogP contribution in [0.4, 0.5) is 5.69 Å². The van der Waals surface area contributed by atoms with E-state index < -0.39 is 28.5 Å². The first-order valence-electron chi connectivity index (χ1n) is 13.0. The van der Waals surface area contributed by atoms with Gasteiger partial charge in [-0.25, -0.2) is 8.42 Å². The summed E-state index contributed by atoms with van der Waals surface area (Å²) >= 11 is 6.17. The number of hydrogen-bond acceptors (Lipinski definition) is 5. The molecule has 0 saturated heterocycles. The summed E-state index contributed by atoms with van der Waals surface area (Å²) in [6.45, 7) is 3.49. The zero-order chi connectivity index (χ0) is 27.9. The number of rotatable bonds is 11. The van der Waals surface area contributed by atoms with Gasteiger partial charge in [-0.15, -0.1) is 0 Å². The fourth-order valence-electron chi connectivity index (χ4n) is 4.81. The van der Waals surface area contributed by atoms with Gasteiger partial charge in [-0.05, 0) is 49.9 Å². The van der Waals surface area contributed by atoms with Gasteiger partial charge in [0, 0.05) is 17.6 Å². The van der Waals surface area contributed by atoms with Gasteiger partial charge in [0.15, 0.2) is 0 Å². The number of anilines is 1. The Balaban J connectivity index is 1.95. The van der Waals surface area contributed by atoms with Gasteiger partial charge in [-0.1, -0.05) is 67.6 Å². The molecule has 1 aliphatic carbocycles.